The standard InChI is InChI=1S/C23H46N6O13/c24-2-7-13(32)15(34)10(28)21(37-7)40-18-6(27)1-5(26)12(31)20(18)42-23-17(36)19(9(4-30)39-23)41-22-11(29)16(35)14(33)8(3-25)38-22/h5-23,30-36H,1-4,24-29H2/t5-,6+,7-,8?,9-,10-,11-,12+,13-,14-,15-,16-,17-,18-,19-,20-,21-,22-,23+/m1/s1. The number of aliphatic hydroxyl groups is 7. The summed E-state index contributed by atoms with van der Waals surface area (Å²) in [7, 11) is 0. The minimum absolute atomic E-state index is 0.0889. The van der Waals surface area contributed by atoms with Crippen molar-refractivity contribution in [3.05, 3.63) is 0 Å². The average molecular weight is 615 g/mol. The highest BCUT2D eigenvalue weighted by Crippen LogP contribution is 2.34. The molecule has 42 heavy (non-hydrogen) atoms. The first-order chi connectivity index (χ1) is 19.8. The topological polar surface area (TPSA) is 353 Å². The lowest BCUT2D eigenvalue weighted by atomic mass is 9.84. The zero-order chi connectivity index (χ0) is 31.0. The van der Waals surface area contributed by atoms with Crippen LogP contribution < -0.4 is 34.4 Å². The quantitative estimate of drug-likeness (QED) is 0.115. The summed E-state index contributed by atoms with van der Waals surface area (Å²) in [5.41, 5.74) is 35.6. The molecule has 0 spiro atoms. The van der Waals surface area contributed by atoms with Gasteiger partial charge in [-0.15, -0.1) is 0 Å². The maximum Gasteiger partial charge on any atom is 0.187 e. The molecule has 0 bridgehead atoms. The van der Waals surface area contributed by atoms with Gasteiger partial charge in [0.25, 0.3) is 0 Å². The van der Waals surface area contributed by atoms with Gasteiger partial charge in [-0.2, -0.15) is 0 Å². The Morgan fingerprint density at radius 1 is 0.524 bits per heavy atom. The molecule has 0 radical (unpaired) electrons. The zero-order valence-electron chi connectivity index (χ0n) is 22.8. The SMILES string of the molecule is NCC1O[C@H](O[C@H]2[C@@H](O)[C@H](O[C@@H]3[C@@H](O)[C@H](N)C[C@H](N)[C@H]3O[C@H]3O[C@H](CN)[C@@H](O)[C@H](O)[C@H]3N)O[C@@H]2CO)[C@H](N)[C@@H](O)[C@@H]1O. The van der Waals surface area contributed by atoms with Crippen LogP contribution in [-0.2, 0) is 28.4 Å². The summed E-state index contributed by atoms with van der Waals surface area (Å²) in [6.45, 7) is -0.967. The van der Waals surface area contributed by atoms with Crippen molar-refractivity contribution in [3.63, 3.8) is 0 Å². The third-order valence-corrected chi connectivity index (χ3v) is 8.37. The Bertz CT molecular complexity index is 868. The lowest BCUT2D eigenvalue weighted by Crippen LogP contribution is -2.68. The van der Waals surface area contributed by atoms with Crippen molar-refractivity contribution in [1.82, 2.24) is 0 Å². The fraction of sp³-hybridized carbons (Fsp3) is 1.00. The van der Waals surface area contributed by atoms with Crippen molar-refractivity contribution in [3.8, 4) is 0 Å². The van der Waals surface area contributed by atoms with Gasteiger partial charge in [0.2, 0.25) is 0 Å². The number of hydrogen-bond donors (Lipinski definition) is 13. The second-order valence-corrected chi connectivity index (χ2v) is 11.2. The molecule has 19 atom stereocenters. The number of aliphatic hydroxyl groups excluding tert-OH is 7. The predicted octanol–water partition coefficient (Wildman–Crippen LogP) is -8.90. The van der Waals surface area contributed by atoms with Gasteiger partial charge in [-0.05, 0) is 6.42 Å². The third kappa shape index (κ3) is 6.60. The Balaban J connectivity index is 1.50. The highest BCUT2D eigenvalue weighted by molar-refractivity contribution is 5.02. The second kappa shape index (κ2) is 14.1. The van der Waals surface area contributed by atoms with Crippen molar-refractivity contribution < 1.29 is 64.2 Å². The molecule has 19 N–H and O–H groups in total. The molecule has 1 saturated carbocycles. The van der Waals surface area contributed by atoms with E-state index in [0.29, 0.717) is 0 Å². The Labute approximate surface area is 241 Å². The predicted molar refractivity (Wildman–Crippen MR) is 138 cm³/mol. The minimum Gasteiger partial charge on any atom is -0.394 e. The zero-order valence-corrected chi connectivity index (χ0v) is 22.8. The molecule has 0 aromatic heterocycles. The summed E-state index contributed by atoms with van der Waals surface area (Å²) in [6, 6.07) is -4.18. The van der Waals surface area contributed by atoms with E-state index in [1.807, 2.05) is 0 Å². The molecule has 0 aromatic carbocycles. The second-order valence-electron chi connectivity index (χ2n) is 11.2. The largest absolute Gasteiger partial charge is 0.394 e. The van der Waals surface area contributed by atoms with E-state index in [2.05, 4.69) is 0 Å². The van der Waals surface area contributed by atoms with E-state index in [9.17, 15) is 35.7 Å². The van der Waals surface area contributed by atoms with Gasteiger partial charge in [-0.25, -0.2) is 0 Å². The van der Waals surface area contributed by atoms with Crippen LogP contribution in [0, 0.1) is 0 Å². The van der Waals surface area contributed by atoms with Crippen LogP contribution in [0.1, 0.15) is 6.42 Å². The van der Waals surface area contributed by atoms with Gasteiger partial charge in [0.1, 0.15) is 67.1 Å². The molecule has 246 valence electrons. The maximum atomic E-state index is 11.1. The van der Waals surface area contributed by atoms with Crippen molar-refractivity contribution in [2.75, 3.05) is 19.7 Å². The molecule has 4 fully saturated rings. The van der Waals surface area contributed by atoms with Crippen LogP contribution in [0.25, 0.3) is 0 Å². The summed E-state index contributed by atoms with van der Waals surface area (Å²) in [5, 5.41) is 73.0. The molecule has 3 heterocycles. The molecule has 1 unspecified atom stereocenters. The first kappa shape index (κ1) is 34.1. The Hall–Kier alpha value is -0.760. The average Bonchev–Trinajstić information content (AvgIpc) is 3.27. The third-order valence-electron chi connectivity index (χ3n) is 8.37. The molecule has 19 nitrogen and oxygen atoms in total. The fourth-order valence-corrected chi connectivity index (χ4v) is 5.74. The summed E-state index contributed by atoms with van der Waals surface area (Å²) in [5.74, 6) is 0. The van der Waals surface area contributed by atoms with Gasteiger partial charge >= 0.3 is 0 Å². The molecule has 0 aromatic rings. The number of ether oxygens (including phenoxy) is 6. The monoisotopic (exact) mass is 614 g/mol. The smallest absolute Gasteiger partial charge is 0.187 e. The fourth-order valence-electron chi connectivity index (χ4n) is 5.74. The van der Waals surface area contributed by atoms with Crippen molar-refractivity contribution in [2.45, 2.75) is 123 Å². The van der Waals surface area contributed by atoms with Gasteiger partial charge in [0.05, 0.1) is 24.8 Å². The molecule has 3 saturated heterocycles. The summed E-state index contributed by atoms with van der Waals surface area (Å²) in [6.07, 6.45) is -19.8. The van der Waals surface area contributed by atoms with Crippen molar-refractivity contribution >= 4 is 0 Å². The molecule has 4 aliphatic rings. The van der Waals surface area contributed by atoms with E-state index in [0.717, 1.165) is 0 Å². The Morgan fingerprint density at radius 2 is 0.976 bits per heavy atom. The summed E-state index contributed by atoms with van der Waals surface area (Å²) in [4.78, 5) is 0. The van der Waals surface area contributed by atoms with Gasteiger partial charge in [-0.3, -0.25) is 0 Å². The normalized spacial score (nSPS) is 53.8. The molecule has 0 amide bonds. The Morgan fingerprint density at radius 3 is 1.45 bits per heavy atom. The van der Waals surface area contributed by atoms with E-state index in [4.69, 9.17) is 62.8 Å². The van der Waals surface area contributed by atoms with Crippen LogP contribution in [0.3, 0.4) is 0 Å². The van der Waals surface area contributed by atoms with Crippen LogP contribution in [0.5, 0.6) is 0 Å². The van der Waals surface area contributed by atoms with E-state index in [-0.39, 0.29) is 19.5 Å². The molecule has 19 heteroatoms. The van der Waals surface area contributed by atoms with Crippen LogP contribution in [0.15, 0.2) is 0 Å². The van der Waals surface area contributed by atoms with Crippen LogP contribution in [-0.4, -0.2) is 172 Å². The number of rotatable bonds is 9. The lowest BCUT2D eigenvalue weighted by Gasteiger charge is -2.47. The number of nitrogens with two attached hydrogens (primary N) is 6. The number of hydrogen-bond acceptors (Lipinski definition) is 19. The van der Waals surface area contributed by atoms with E-state index in [1.165, 1.54) is 0 Å². The molecule has 3 aliphatic heterocycles. The lowest BCUT2D eigenvalue weighted by molar-refractivity contribution is -0.306. The van der Waals surface area contributed by atoms with E-state index < -0.39 is 123 Å². The minimum atomic E-state index is -1.60. The molecular formula is C23H46N6O13. The van der Waals surface area contributed by atoms with E-state index >= 15 is 0 Å². The first-order valence-corrected chi connectivity index (χ1v) is 13.9. The highest BCUT2D eigenvalue weighted by atomic mass is 16.8. The van der Waals surface area contributed by atoms with Gasteiger partial charge in [0, 0.05) is 25.2 Å². The first-order valence-electron chi connectivity index (χ1n) is 13.9. The van der Waals surface area contributed by atoms with Crippen molar-refractivity contribution in [2.24, 2.45) is 34.4 Å². The van der Waals surface area contributed by atoms with Crippen LogP contribution in [0.4, 0.5) is 0 Å². The highest BCUT2D eigenvalue weighted by Gasteiger charge is 2.54. The molecular weight excluding hydrogens is 568 g/mol. The summed E-state index contributed by atoms with van der Waals surface area (Å²) < 4.78 is 34.6. The van der Waals surface area contributed by atoms with Crippen LogP contribution in [0.2, 0.25) is 0 Å². The Kier molecular flexibility index (Phi) is 11.5. The van der Waals surface area contributed by atoms with Gasteiger partial charge in [0.15, 0.2) is 18.9 Å². The van der Waals surface area contributed by atoms with Crippen molar-refractivity contribution in [1.29, 1.82) is 0 Å². The van der Waals surface area contributed by atoms with Gasteiger partial charge < -0.3 is 98.6 Å². The summed E-state index contributed by atoms with van der Waals surface area (Å²) >= 11 is 0. The molecule has 4 rings (SSSR count). The maximum absolute atomic E-state index is 11.1. The van der Waals surface area contributed by atoms with Crippen LogP contribution >= 0.6 is 0 Å². The molecule has 1 aliphatic carbocycles. The van der Waals surface area contributed by atoms with E-state index in [1.54, 1.807) is 0 Å². The van der Waals surface area contributed by atoms with Gasteiger partial charge in [-0.1, -0.05) is 0 Å².